The molecule has 5 fully saturated rings. The van der Waals surface area contributed by atoms with Crippen molar-refractivity contribution in [1.29, 1.82) is 0 Å². The Morgan fingerprint density at radius 2 is 0.616 bits per heavy atom. The highest BCUT2D eigenvalue weighted by Crippen LogP contribution is 2.48. The van der Waals surface area contributed by atoms with Gasteiger partial charge in [-0.05, 0) is 183 Å². The molecule has 0 aromatic carbocycles. The number of aromatic nitrogens is 20. The van der Waals surface area contributed by atoms with Gasteiger partial charge >= 0.3 is 0 Å². The lowest BCUT2D eigenvalue weighted by Gasteiger charge is -2.20. The van der Waals surface area contributed by atoms with Crippen molar-refractivity contribution >= 4 is 175 Å². The van der Waals surface area contributed by atoms with Crippen LogP contribution in [0.4, 0.5) is 5.95 Å². The summed E-state index contributed by atoms with van der Waals surface area (Å²) in [5.74, 6) is 4.58. The van der Waals surface area contributed by atoms with Crippen LogP contribution in [0.15, 0.2) is 50.9 Å². The second-order valence-electron chi connectivity index (χ2n) is 39.1. The number of aromatic amines is 5. The molecular weight excluding hydrogens is 1950 g/mol. The molecule has 15 rings (SSSR count). The summed E-state index contributed by atoms with van der Waals surface area (Å²) in [6.45, 7) is 28.0. The van der Waals surface area contributed by atoms with Crippen LogP contribution in [0.3, 0.4) is 0 Å². The van der Waals surface area contributed by atoms with Gasteiger partial charge in [0.15, 0.2) is 108 Å². The molecule has 10 aromatic rings. The van der Waals surface area contributed by atoms with Crippen molar-refractivity contribution in [2.45, 2.75) is 262 Å². The molecule has 768 valence electrons. The SMILES string of the molecule is C=P(C)(C)CC[C@H]1O[C@@H](n2c(SC)nc3c(=O)[nH]c(C)nc32)[C@H](O)[C@@H]1O.C=P(C)(C)CC[C@H]1O[C@@H](n2c(SCCC)nc3c(=O)[nH]c(C)nc32)[C@H](O)[C@@H]1O.C=P(C)(C)CC[C@H]1O[C@@H](n2c(SCCCC)nc3c(=O)[nH]c(C)nc32)[C@H](O)[C@@H]1O.C=P(C)(C)CC[C@H]1O[C@@H](n2c(SCCCCC)nc3c(=O)[nH]c(C)nc32)[C@H](O)[C@@H]1O.C=P(C)(C)CC[C@H]1O[C@@H](n2cnc3c(=O)[nH]c(NC)nc32)[C@H](O)[C@@H]1O. The third-order valence-corrected chi connectivity index (χ3v) is 34.8. The number of aliphatic hydroxyl groups excluding tert-OH is 10. The molecule has 138 heavy (non-hydrogen) atoms. The molecule has 50 heteroatoms. The van der Waals surface area contributed by atoms with Crippen LogP contribution in [-0.2, 0) is 23.7 Å². The van der Waals surface area contributed by atoms with Gasteiger partial charge in [-0.1, -0.05) is 87.1 Å². The topological polar surface area (TPSA) is 578 Å². The number of ether oxygens (including phenoxy) is 5. The first-order chi connectivity index (χ1) is 64.7. The molecule has 41 nitrogen and oxygen atoms in total. The van der Waals surface area contributed by atoms with Gasteiger partial charge < -0.3 is 100 Å². The molecule has 0 saturated carbocycles. The normalized spacial score (nSPS) is 25.8. The van der Waals surface area contributed by atoms with Crippen LogP contribution in [-0.4, -0.2) is 400 Å². The number of H-pyrrole nitrogens is 5. The van der Waals surface area contributed by atoms with Crippen molar-refractivity contribution in [2.75, 3.05) is 133 Å². The lowest BCUT2D eigenvalue weighted by molar-refractivity contribution is -0.0400. The van der Waals surface area contributed by atoms with Crippen LogP contribution >= 0.6 is 81.5 Å². The van der Waals surface area contributed by atoms with E-state index in [-0.39, 0.29) is 67.0 Å². The number of fused-ring (bicyclic) bond motifs is 5. The number of nitrogens with one attached hydrogen (secondary N) is 6. The van der Waals surface area contributed by atoms with Gasteiger partial charge in [0.05, 0.1) is 36.8 Å². The van der Waals surface area contributed by atoms with Crippen LogP contribution in [0.1, 0.15) is 146 Å². The van der Waals surface area contributed by atoms with Crippen molar-refractivity contribution in [3.63, 3.8) is 0 Å². The maximum atomic E-state index is 12.4. The minimum atomic E-state index is -1.28. The van der Waals surface area contributed by atoms with Gasteiger partial charge in [-0.3, -0.25) is 51.8 Å². The summed E-state index contributed by atoms with van der Waals surface area (Å²) in [6.07, 6.45) is 20.3. The van der Waals surface area contributed by atoms with E-state index in [1.807, 2.05) is 6.26 Å². The largest absolute Gasteiger partial charge is 0.388 e. The van der Waals surface area contributed by atoms with E-state index in [4.69, 9.17) is 23.7 Å². The van der Waals surface area contributed by atoms with Crippen molar-refractivity contribution in [2.24, 2.45) is 0 Å². The van der Waals surface area contributed by atoms with Gasteiger partial charge in [-0.15, -0.1) is 65.9 Å². The number of hydrogen-bond donors (Lipinski definition) is 16. The van der Waals surface area contributed by atoms with Gasteiger partial charge in [0.25, 0.3) is 27.8 Å². The summed E-state index contributed by atoms with van der Waals surface area (Å²) in [5.41, 5.74) is 1.03. The van der Waals surface area contributed by atoms with Gasteiger partial charge in [-0.25, -0.2) is 44.9 Å². The minimum absolute atomic E-state index is 0.151. The van der Waals surface area contributed by atoms with Gasteiger partial charge in [-0.2, -0.15) is 4.98 Å². The number of anilines is 1. The zero-order chi connectivity index (χ0) is 102. The average molecular weight is 2100 g/mol. The van der Waals surface area contributed by atoms with E-state index < -0.39 is 157 Å². The molecule has 5 saturated heterocycles. The van der Waals surface area contributed by atoms with Crippen LogP contribution in [0.25, 0.3) is 55.8 Å². The number of thioether (sulfide) groups is 4. The average Bonchev–Trinajstić information content (AvgIpc) is 1.65. The highest BCUT2D eigenvalue weighted by Gasteiger charge is 2.51. The molecule has 5 aliphatic rings. The van der Waals surface area contributed by atoms with Crippen molar-refractivity contribution < 1.29 is 74.7 Å². The van der Waals surface area contributed by atoms with Crippen LogP contribution in [0, 0.1) is 27.7 Å². The predicted octanol–water partition coefficient (Wildman–Crippen LogP) is 6.86. The Labute approximate surface area is 819 Å². The van der Waals surface area contributed by atoms with Gasteiger partial charge in [0, 0.05) is 24.3 Å². The maximum absolute atomic E-state index is 12.4. The smallest absolute Gasteiger partial charge is 0.280 e. The third-order valence-electron chi connectivity index (χ3n) is 23.6. The molecule has 15 heterocycles. The lowest BCUT2D eigenvalue weighted by atomic mass is 10.1. The fourth-order valence-electron chi connectivity index (χ4n) is 16.2. The quantitative estimate of drug-likeness (QED) is 0.0111. The maximum Gasteiger partial charge on any atom is 0.280 e. The summed E-state index contributed by atoms with van der Waals surface area (Å²) >= 11 is 5.83. The summed E-state index contributed by atoms with van der Waals surface area (Å²) in [4.78, 5) is 118. The Morgan fingerprint density at radius 1 is 0.348 bits per heavy atom. The fraction of sp³-hybridized carbons (Fsp3) is 0.659. The molecule has 10 aromatic heterocycles. The minimum Gasteiger partial charge on any atom is -0.388 e. The fourth-order valence-corrected chi connectivity index (χ4v) is 24.5. The molecule has 0 bridgehead atoms. The Hall–Kier alpha value is -6.15. The first-order valence-corrected chi connectivity index (χ1v) is 65.6. The number of aliphatic hydroxyl groups is 10. The second kappa shape index (κ2) is 47.4. The number of nitrogens with zero attached hydrogens (tertiary/aromatic N) is 15. The number of unbranched alkanes of at least 4 members (excludes halogenated alkanes) is 3. The van der Waals surface area contributed by atoms with E-state index in [1.54, 1.807) is 53.0 Å². The molecule has 0 amide bonds. The Kier molecular flexibility index (Phi) is 38.5. The Bertz CT molecular complexity index is 6470. The van der Waals surface area contributed by atoms with Crippen LogP contribution < -0.4 is 33.1 Å². The second-order valence-corrected chi connectivity index (χ2v) is 64.7. The molecule has 20 atom stereocenters. The number of aryl methyl sites for hydroxylation is 4. The van der Waals surface area contributed by atoms with Crippen LogP contribution in [0.5, 0.6) is 0 Å². The molecular formula is C88H142N21O20P5S4. The standard InChI is InChI=1S/C20H33N4O4PS.C19H31N4O4PS.C18H29N4O4PS.C16H25N4O4PS.C15H24N5O4P/c1-6-7-8-11-30-20-23-14-17(21-12(2)22-18(14)27)24(20)19-16(26)15(25)13(28-19)9-10-29(3,4)5;1-6-7-10-29-19-22-13-16(20-11(2)21-17(13)26)23(19)18-15(25)14(24)12(27-18)8-9-28(3,4)5;1-6-9-28-18-21-12-15(19-10(2)20-16(12)25)22(18)17-14(24)13(23)11(26-17)7-8-27(3,4)5;1-8-17-13-10(14(23)18-8)19-16(26-5)20(13)15-12(22)11(21)9(24-15)6-7-25(2,3)4;1-16-15-18-12-9(13(23)19-15)17-7-20(12)14-11(22)10(21)8(24-14)5-6-25(2,3)4/h13,15-16,19,25-26H,3,6-11H2,1-2,4-5H3,(H,21,22,27);12,14-15,18,24-25H,3,6-10H2,1-2,4-5H3,(H,20,21,26);11,13-14,17,23-24H,3,6-9H2,1-2,4-5H3,(H,19,20,25);9,11-12,15,21-22H,2,6-7H2,1,3-5H3,(H,17,18,23);7-8,10-11,14,21-22H,2,5-6H2,1,3-4H3,(H2,16,18,19,23)/t13-,15-,16-,19-;12-,14-,15-,18-;11-,13-,14-,17-;9-,11-,12-,15-;8-,10-,11-,14-/m11111/s1. The summed E-state index contributed by atoms with van der Waals surface area (Å²) in [5, 5.41) is 111. The Morgan fingerprint density at radius 3 is 0.899 bits per heavy atom. The third kappa shape index (κ3) is 27.5. The van der Waals surface area contributed by atoms with Crippen molar-refractivity contribution in [3.05, 3.63) is 81.4 Å². The van der Waals surface area contributed by atoms with E-state index in [2.05, 4.69) is 199 Å². The zero-order valence-corrected chi connectivity index (χ0v) is 90.0. The van der Waals surface area contributed by atoms with Crippen LogP contribution in [0.2, 0.25) is 0 Å². The molecule has 5 aliphatic heterocycles. The molecule has 0 aliphatic carbocycles. The summed E-state index contributed by atoms with van der Waals surface area (Å²) in [7, 11) is 1.63. The lowest BCUT2D eigenvalue weighted by Crippen LogP contribution is -2.32. The summed E-state index contributed by atoms with van der Waals surface area (Å²) < 4.78 is 38.3. The number of hydrogen-bond acceptors (Lipinski definition) is 35. The van der Waals surface area contributed by atoms with E-state index in [1.165, 1.54) is 57.9 Å². The monoisotopic (exact) mass is 2100 g/mol. The number of rotatable bonds is 34. The molecule has 0 radical (unpaired) electrons. The Balaban J connectivity index is 0.000000166. The first kappa shape index (κ1) is 112. The predicted molar refractivity (Wildman–Crippen MR) is 564 cm³/mol. The van der Waals surface area contributed by atoms with Crippen molar-refractivity contribution in [3.8, 4) is 0 Å². The molecule has 0 unspecified atom stereocenters. The molecule has 16 N–H and O–H groups in total. The highest BCUT2D eigenvalue weighted by atomic mass is 32.2. The zero-order valence-electron chi connectivity index (χ0n) is 82.2. The van der Waals surface area contributed by atoms with E-state index in [0.717, 1.165) is 86.6 Å². The van der Waals surface area contributed by atoms with E-state index >= 15 is 0 Å². The highest BCUT2D eigenvalue weighted by molar-refractivity contribution is 7.99. The van der Waals surface area contributed by atoms with Gasteiger partial charge in [0.1, 0.15) is 84.3 Å². The van der Waals surface area contributed by atoms with E-state index in [0.29, 0.717) is 98.6 Å². The molecule has 0 spiro atoms. The van der Waals surface area contributed by atoms with Crippen molar-refractivity contribution in [1.82, 2.24) is 97.6 Å². The number of imidazole rings is 5. The van der Waals surface area contributed by atoms with Gasteiger partial charge in [0.2, 0.25) is 5.95 Å². The first-order valence-electron chi connectivity index (χ1n) is 46.2. The van der Waals surface area contributed by atoms with E-state index in [9.17, 15) is 75.0 Å². The summed E-state index contributed by atoms with van der Waals surface area (Å²) in [6, 6.07) is 0.